The number of benzene rings is 1. The van der Waals surface area contributed by atoms with Gasteiger partial charge in [0.15, 0.2) is 0 Å². The quantitative estimate of drug-likeness (QED) is 0.572. The molecule has 0 amide bonds. The van der Waals surface area contributed by atoms with Crippen LogP contribution in [0.15, 0.2) is 18.2 Å². The molecule has 0 radical (unpaired) electrons. The largest absolute Gasteiger partial charge is 0.379 e. The predicted molar refractivity (Wildman–Crippen MR) is 82.7 cm³/mol. The smallest absolute Gasteiger partial charge is 0.111 e. The normalized spacial score (nSPS) is 15.1. The van der Waals surface area contributed by atoms with E-state index in [1.165, 1.54) is 12.8 Å². The molecule has 0 atom stereocenters. The summed E-state index contributed by atoms with van der Waals surface area (Å²) in [5.74, 6) is 2.34. The minimum absolute atomic E-state index is 0.559. The van der Waals surface area contributed by atoms with E-state index in [1.807, 2.05) is 18.2 Å². The molecule has 1 heterocycles. The van der Waals surface area contributed by atoms with Gasteiger partial charge in [-0.15, -0.1) is 11.6 Å². The van der Waals surface area contributed by atoms with Crippen LogP contribution in [-0.2, 0) is 17.7 Å². The number of fused-ring (bicyclic) bond motifs is 1. The third-order valence-corrected chi connectivity index (χ3v) is 4.12. The lowest BCUT2D eigenvalue weighted by atomic mass is 10.3. The van der Waals surface area contributed by atoms with E-state index in [9.17, 15) is 0 Å². The highest BCUT2D eigenvalue weighted by molar-refractivity contribution is 6.35. The molecule has 0 unspecified atom stereocenters. The Bertz CT molecular complexity index is 593. The molecule has 2 aromatic rings. The summed E-state index contributed by atoms with van der Waals surface area (Å²) >= 11 is 12.2. The van der Waals surface area contributed by atoms with Crippen LogP contribution in [0.25, 0.3) is 11.0 Å². The average Bonchev–Trinajstić information content (AvgIpc) is 3.18. The molecule has 0 N–H and O–H groups in total. The van der Waals surface area contributed by atoms with Crippen molar-refractivity contribution in [3.8, 4) is 0 Å². The lowest BCUT2D eigenvalue weighted by Crippen LogP contribution is -2.11. The first-order chi connectivity index (χ1) is 9.79. The molecule has 0 spiro atoms. The zero-order valence-corrected chi connectivity index (χ0v) is 12.8. The number of aryl methyl sites for hydroxylation is 1. The Labute approximate surface area is 128 Å². The van der Waals surface area contributed by atoms with Gasteiger partial charge in [0.05, 0.1) is 22.7 Å². The van der Waals surface area contributed by atoms with E-state index in [2.05, 4.69) is 9.55 Å². The van der Waals surface area contributed by atoms with Crippen molar-refractivity contribution >= 4 is 34.2 Å². The summed E-state index contributed by atoms with van der Waals surface area (Å²) in [6.07, 6.45) is 3.38. The van der Waals surface area contributed by atoms with Gasteiger partial charge in [-0.2, -0.15) is 0 Å². The number of alkyl halides is 1. The molecule has 3 nitrogen and oxygen atoms in total. The first kappa shape index (κ1) is 14.2. The molecule has 0 aliphatic heterocycles. The monoisotopic (exact) mass is 312 g/mol. The lowest BCUT2D eigenvalue weighted by molar-refractivity contribution is 0.117. The number of rotatable bonds is 7. The van der Waals surface area contributed by atoms with Gasteiger partial charge in [-0.3, -0.25) is 0 Å². The highest BCUT2D eigenvalue weighted by atomic mass is 35.5. The molecule has 1 aliphatic carbocycles. The molecule has 0 bridgehead atoms. The van der Waals surface area contributed by atoms with Gasteiger partial charge in [-0.05, 0) is 30.9 Å². The first-order valence-corrected chi connectivity index (χ1v) is 7.98. The molecule has 1 aliphatic rings. The van der Waals surface area contributed by atoms with E-state index >= 15 is 0 Å². The van der Waals surface area contributed by atoms with Crippen LogP contribution in [-0.4, -0.2) is 28.6 Å². The summed E-state index contributed by atoms with van der Waals surface area (Å²) in [7, 11) is 0. The number of imidazole rings is 1. The van der Waals surface area contributed by atoms with Gasteiger partial charge in [-0.1, -0.05) is 17.7 Å². The van der Waals surface area contributed by atoms with Crippen molar-refractivity contribution in [3.05, 3.63) is 29.0 Å². The molecular weight excluding hydrogens is 295 g/mol. The van der Waals surface area contributed by atoms with Crippen LogP contribution in [0.4, 0.5) is 0 Å². The maximum atomic E-state index is 6.31. The van der Waals surface area contributed by atoms with Gasteiger partial charge < -0.3 is 9.30 Å². The number of aromatic nitrogens is 2. The number of hydrogen-bond acceptors (Lipinski definition) is 2. The molecular formula is C15H18Cl2N2O. The van der Waals surface area contributed by atoms with Crippen LogP contribution < -0.4 is 0 Å². The van der Waals surface area contributed by atoms with Gasteiger partial charge in [0.2, 0.25) is 0 Å². The van der Waals surface area contributed by atoms with Crippen molar-refractivity contribution in [2.24, 2.45) is 5.92 Å². The van der Waals surface area contributed by atoms with E-state index in [0.29, 0.717) is 12.5 Å². The Kier molecular flexibility index (Phi) is 4.49. The van der Waals surface area contributed by atoms with E-state index in [-0.39, 0.29) is 0 Å². The van der Waals surface area contributed by atoms with Gasteiger partial charge in [0.1, 0.15) is 5.82 Å². The maximum absolute atomic E-state index is 6.31. The number of ether oxygens (including phenoxy) is 1. The summed E-state index contributed by atoms with van der Waals surface area (Å²) in [4.78, 5) is 4.63. The number of hydrogen-bond donors (Lipinski definition) is 0. The minimum Gasteiger partial charge on any atom is -0.379 e. The van der Waals surface area contributed by atoms with Gasteiger partial charge in [-0.25, -0.2) is 4.98 Å². The summed E-state index contributed by atoms with van der Waals surface area (Å²) < 4.78 is 7.87. The van der Waals surface area contributed by atoms with Crippen LogP contribution in [0.1, 0.15) is 18.7 Å². The maximum Gasteiger partial charge on any atom is 0.111 e. The molecule has 1 saturated carbocycles. The third kappa shape index (κ3) is 3.11. The van der Waals surface area contributed by atoms with E-state index in [4.69, 9.17) is 27.9 Å². The average molecular weight is 313 g/mol. The molecule has 1 aromatic carbocycles. The van der Waals surface area contributed by atoms with Crippen LogP contribution >= 0.6 is 23.2 Å². The molecule has 20 heavy (non-hydrogen) atoms. The molecule has 0 saturated heterocycles. The fourth-order valence-corrected chi connectivity index (χ4v) is 2.84. The Morgan fingerprint density at radius 3 is 2.95 bits per heavy atom. The molecule has 5 heteroatoms. The lowest BCUT2D eigenvalue weighted by Gasteiger charge is -2.10. The van der Waals surface area contributed by atoms with E-state index < -0.39 is 0 Å². The summed E-state index contributed by atoms with van der Waals surface area (Å²) in [5, 5.41) is 0.734. The fourth-order valence-electron chi connectivity index (χ4n) is 2.40. The van der Waals surface area contributed by atoms with Gasteiger partial charge in [0, 0.05) is 25.5 Å². The van der Waals surface area contributed by atoms with Crippen molar-refractivity contribution in [1.82, 2.24) is 9.55 Å². The standard InChI is InChI=1S/C15H18Cl2N2O/c16-7-6-14-18-13-3-1-2-12(17)15(13)19(14)8-9-20-10-11-4-5-11/h1-3,11H,4-10H2. The highest BCUT2D eigenvalue weighted by Gasteiger charge is 2.21. The summed E-state index contributed by atoms with van der Waals surface area (Å²) in [6, 6.07) is 5.81. The molecule has 1 aromatic heterocycles. The Balaban J connectivity index is 1.79. The van der Waals surface area contributed by atoms with Crippen LogP contribution in [0.3, 0.4) is 0 Å². The van der Waals surface area contributed by atoms with Crippen molar-refractivity contribution in [1.29, 1.82) is 0 Å². The Morgan fingerprint density at radius 1 is 1.35 bits per heavy atom. The van der Waals surface area contributed by atoms with E-state index in [0.717, 1.165) is 47.4 Å². The second-order valence-electron chi connectivity index (χ2n) is 5.24. The van der Waals surface area contributed by atoms with Crippen LogP contribution in [0.5, 0.6) is 0 Å². The molecule has 108 valence electrons. The van der Waals surface area contributed by atoms with E-state index in [1.54, 1.807) is 0 Å². The number of halogens is 2. The summed E-state index contributed by atoms with van der Waals surface area (Å²) in [5.41, 5.74) is 1.92. The first-order valence-electron chi connectivity index (χ1n) is 7.07. The van der Waals surface area contributed by atoms with Crippen LogP contribution in [0, 0.1) is 5.92 Å². The Hall–Kier alpha value is -0.770. The minimum atomic E-state index is 0.559. The number of para-hydroxylation sites is 1. The second-order valence-corrected chi connectivity index (χ2v) is 6.03. The molecule has 1 fully saturated rings. The predicted octanol–water partition coefficient (Wildman–Crippen LogP) is 3.90. The number of nitrogens with zero attached hydrogens (tertiary/aromatic N) is 2. The topological polar surface area (TPSA) is 27.1 Å². The fraction of sp³-hybridized carbons (Fsp3) is 0.533. The zero-order chi connectivity index (χ0) is 13.9. The molecule has 3 rings (SSSR count). The summed E-state index contributed by atoms with van der Waals surface area (Å²) in [6.45, 7) is 2.35. The van der Waals surface area contributed by atoms with Crippen molar-refractivity contribution in [2.45, 2.75) is 25.8 Å². The van der Waals surface area contributed by atoms with Gasteiger partial charge in [0.25, 0.3) is 0 Å². The van der Waals surface area contributed by atoms with Crippen molar-refractivity contribution in [3.63, 3.8) is 0 Å². The second kappa shape index (κ2) is 6.33. The highest BCUT2D eigenvalue weighted by Crippen LogP contribution is 2.29. The Morgan fingerprint density at radius 2 is 2.20 bits per heavy atom. The zero-order valence-electron chi connectivity index (χ0n) is 11.3. The van der Waals surface area contributed by atoms with Crippen LogP contribution in [0.2, 0.25) is 5.02 Å². The van der Waals surface area contributed by atoms with Crippen molar-refractivity contribution in [2.75, 3.05) is 19.1 Å². The SMILES string of the molecule is ClCCc1nc2cccc(Cl)c2n1CCOCC1CC1. The third-order valence-electron chi connectivity index (χ3n) is 3.62. The van der Waals surface area contributed by atoms with Crippen molar-refractivity contribution < 1.29 is 4.74 Å². The van der Waals surface area contributed by atoms with Gasteiger partial charge >= 0.3 is 0 Å².